The Morgan fingerprint density at radius 2 is 1.85 bits per heavy atom. The normalized spacial score (nSPS) is 17.1. The quantitative estimate of drug-likeness (QED) is 0.747. The van der Waals surface area contributed by atoms with Crippen LogP contribution in [0.3, 0.4) is 0 Å². The van der Waals surface area contributed by atoms with Crippen molar-refractivity contribution in [2.45, 2.75) is 32.0 Å². The molecule has 0 aliphatic heterocycles. The van der Waals surface area contributed by atoms with Crippen molar-refractivity contribution < 1.29 is 5.11 Å². The maximum Gasteiger partial charge on any atom is 0.0681 e. The summed E-state index contributed by atoms with van der Waals surface area (Å²) < 4.78 is 0. The van der Waals surface area contributed by atoms with Gasteiger partial charge in [-0.1, -0.05) is 30.3 Å². The molecular weight excluding hydrogens is 248 g/mol. The monoisotopic (exact) mass is 268 g/mol. The first-order valence-corrected chi connectivity index (χ1v) is 7.06. The summed E-state index contributed by atoms with van der Waals surface area (Å²) in [4.78, 5) is 0. The van der Waals surface area contributed by atoms with E-state index in [4.69, 9.17) is 10.8 Å². The van der Waals surface area contributed by atoms with E-state index in [9.17, 15) is 0 Å². The fraction of sp³-hybridized carbons (Fsp3) is 0.294. The van der Waals surface area contributed by atoms with E-state index in [1.54, 1.807) is 0 Å². The van der Waals surface area contributed by atoms with E-state index < -0.39 is 0 Å². The molecule has 3 heteroatoms. The predicted octanol–water partition coefficient (Wildman–Crippen LogP) is 2.54. The molecule has 20 heavy (non-hydrogen) atoms. The van der Waals surface area contributed by atoms with Gasteiger partial charge in [-0.2, -0.15) is 0 Å². The van der Waals surface area contributed by atoms with Crippen LogP contribution in [0.2, 0.25) is 0 Å². The second-order valence-corrected chi connectivity index (χ2v) is 5.41. The lowest BCUT2D eigenvalue weighted by molar-refractivity contribution is 0.282. The minimum atomic E-state index is 0.102. The third kappa shape index (κ3) is 2.69. The van der Waals surface area contributed by atoms with Gasteiger partial charge in [0.25, 0.3) is 0 Å². The van der Waals surface area contributed by atoms with E-state index >= 15 is 0 Å². The molecule has 0 spiro atoms. The maximum absolute atomic E-state index is 9.04. The number of aliphatic hydroxyl groups excluding tert-OH is 1. The Labute approximate surface area is 119 Å². The van der Waals surface area contributed by atoms with Gasteiger partial charge in [0.15, 0.2) is 0 Å². The average Bonchev–Trinajstić information content (AvgIpc) is 2.88. The largest absolute Gasteiger partial charge is 0.399 e. The van der Waals surface area contributed by atoms with Crippen molar-refractivity contribution in [3.63, 3.8) is 0 Å². The first-order valence-electron chi connectivity index (χ1n) is 7.06. The van der Waals surface area contributed by atoms with Gasteiger partial charge < -0.3 is 16.2 Å². The van der Waals surface area contributed by atoms with Crippen molar-refractivity contribution >= 4 is 5.69 Å². The van der Waals surface area contributed by atoms with Crippen LogP contribution in [-0.2, 0) is 19.6 Å². The van der Waals surface area contributed by atoms with E-state index in [0.29, 0.717) is 6.04 Å². The van der Waals surface area contributed by atoms with Gasteiger partial charge in [0.05, 0.1) is 6.61 Å². The Bertz CT molecular complexity index is 592. The minimum absolute atomic E-state index is 0.102. The van der Waals surface area contributed by atoms with Crippen molar-refractivity contribution in [3.8, 4) is 0 Å². The number of anilines is 1. The van der Waals surface area contributed by atoms with E-state index in [1.165, 1.54) is 16.7 Å². The first kappa shape index (κ1) is 13.2. The molecule has 2 aromatic carbocycles. The molecule has 4 N–H and O–H groups in total. The second kappa shape index (κ2) is 5.65. The lowest BCUT2D eigenvalue weighted by atomic mass is 10.1. The van der Waals surface area contributed by atoms with Gasteiger partial charge in [-0.25, -0.2) is 0 Å². The summed E-state index contributed by atoms with van der Waals surface area (Å²) in [5.41, 5.74) is 11.6. The SMILES string of the molecule is Nc1ccc2c(c1)CCC2NCc1ccc(CO)cc1. The number of nitrogens with one attached hydrogen (secondary N) is 1. The van der Waals surface area contributed by atoms with Gasteiger partial charge in [0.1, 0.15) is 0 Å². The molecule has 0 aromatic heterocycles. The Balaban J connectivity index is 1.65. The van der Waals surface area contributed by atoms with Gasteiger partial charge in [0.2, 0.25) is 0 Å². The first-order chi connectivity index (χ1) is 9.76. The molecule has 1 unspecified atom stereocenters. The summed E-state index contributed by atoms with van der Waals surface area (Å²) >= 11 is 0. The minimum Gasteiger partial charge on any atom is -0.399 e. The van der Waals surface area contributed by atoms with Crippen LogP contribution in [0.4, 0.5) is 5.69 Å². The zero-order chi connectivity index (χ0) is 13.9. The van der Waals surface area contributed by atoms with E-state index in [0.717, 1.165) is 30.6 Å². The van der Waals surface area contributed by atoms with E-state index in [-0.39, 0.29) is 6.61 Å². The smallest absolute Gasteiger partial charge is 0.0681 e. The Morgan fingerprint density at radius 1 is 1.10 bits per heavy atom. The van der Waals surface area contributed by atoms with Crippen LogP contribution in [0.15, 0.2) is 42.5 Å². The summed E-state index contributed by atoms with van der Waals surface area (Å²) in [6.45, 7) is 0.950. The fourth-order valence-corrected chi connectivity index (χ4v) is 2.85. The summed E-state index contributed by atoms with van der Waals surface area (Å²) in [7, 11) is 0. The third-order valence-corrected chi connectivity index (χ3v) is 4.00. The molecule has 0 radical (unpaired) electrons. The number of aliphatic hydroxyl groups is 1. The molecule has 0 amide bonds. The molecular formula is C17H20N2O. The Hall–Kier alpha value is -1.84. The topological polar surface area (TPSA) is 58.3 Å². The summed E-state index contributed by atoms with van der Waals surface area (Å²) in [6.07, 6.45) is 2.23. The van der Waals surface area contributed by atoms with Crippen molar-refractivity contribution in [2.75, 3.05) is 5.73 Å². The molecule has 1 aliphatic carbocycles. The van der Waals surface area contributed by atoms with Gasteiger partial charge in [-0.15, -0.1) is 0 Å². The van der Waals surface area contributed by atoms with Crippen molar-refractivity contribution in [1.82, 2.24) is 5.32 Å². The van der Waals surface area contributed by atoms with Crippen LogP contribution >= 0.6 is 0 Å². The summed E-state index contributed by atoms with van der Waals surface area (Å²) in [5, 5.41) is 12.6. The third-order valence-electron chi connectivity index (χ3n) is 4.00. The van der Waals surface area contributed by atoms with Gasteiger partial charge in [0, 0.05) is 18.3 Å². The standard InChI is InChI=1S/C17H20N2O/c18-15-6-7-16-14(9-15)5-8-17(16)19-10-12-1-3-13(11-20)4-2-12/h1-4,6-7,9,17,19-20H,5,8,10-11,18H2. The number of aryl methyl sites for hydroxylation is 1. The number of rotatable bonds is 4. The zero-order valence-electron chi connectivity index (χ0n) is 11.5. The lowest BCUT2D eigenvalue weighted by Crippen LogP contribution is -2.18. The van der Waals surface area contributed by atoms with E-state index in [2.05, 4.69) is 29.6 Å². The maximum atomic E-state index is 9.04. The Morgan fingerprint density at radius 3 is 2.60 bits per heavy atom. The molecule has 104 valence electrons. The summed E-state index contributed by atoms with van der Waals surface area (Å²) in [6, 6.07) is 14.7. The molecule has 0 saturated carbocycles. The number of nitrogens with two attached hydrogens (primary N) is 1. The van der Waals surface area contributed by atoms with Gasteiger partial charge in [-0.3, -0.25) is 0 Å². The highest BCUT2D eigenvalue weighted by Gasteiger charge is 2.21. The highest BCUT2D eigenvalue weighted by Crippen LogP contribution is 2.32. The van der Waals surface area contributed by atoms with Crippen molar-refractivity contribution in [1.29, 1.82) is 0 Å². The van der Waals surface area contributed by atoms with E-state index in [1.807, 2.05) is 18.2 Å². The highest BCUT2D eigenvalue weighted by atomic mass is 16.3. The number of fused-ring (bicyclic) bond motifs is 1. The highest BCUT2D eigenvalue weighted by molar-refractivity contribution is 5.47. The van der Waals surface area contributed by atoms with Crippen LogP contribution in [0.25, 0.3) is 0 Å². The van der Waals surface area contributed by atoms with Crippen LogP contribution < -0.4 is 11.1 Å². The van der Waals surface area contributed by atoms with Gasteiger partial charge >= 0.3 is 0 Å². The number of hydrogen-bond acceptors (Lipinski definition) is 3. The number of benzene rings is 2. The molecule has 0 fully saturated rings. The Kier molecular flexibility index (Phi) is 3.72. The van der Waals surface area contributed by atoms with Crippen LogP contribution in [-0.4, -0.2) is 5.11 Å². The summed E-state index contributed by atoms with van der Waals surface area (Å²) in [5.74, 6) is 0. The predicted molar refractivity (Wildman–Crippen MR) is 81.1 cm³/mol. The second-order valence-electron chi connectivity index (χ2n) is 5.41. The van der Waals surface area contributed by atoms with Crippen molar-refractivity contribution in [2.24, 2.45) is 0 Å². The number of hydrogen-bond donors (Lipinski definition) is 3. The zero-order valence-corrected chi connectivity index (χ0v) is 11.5. The molecule has 2 aromatic rings. The molecule has 3 nitrogen and oxygen atoms in total. The number of nitrogen functional groups attached to an aromatic ring is 1. The van der Waals surface area contributed by atoms with Crippen LogP contribution in [0.1, 0.15) is 34.7 Å². The van der Waals surface area contributed by atoms with Crippen LogP contribution in [0, 0.1) is 0 Å². The molecule has 1 aliphatic rings. The molecule has 0 heterocycles. The average molecular weight is 268 g/mol. The van der Waals surface area contributed by atoms with Crippen molar-refractivity contribution in [3.05, 3.63) is 64.7 Å². The van der Waals surface area contributed by atoms with Crippen LogP contribution in [0.5, 0.6) is 0 Å². The lowest BCUT2D eigenvalue weighted by Gasteiger charge is -2.14. The molecule has 1 atom stereocenters. The van der Waals surface area contributed by atoms with Gasteiger partial charge in [-0.05, 0) is 47.2 Å². The fourth-order valence-electron chi connectivity index (χ4n) is 2.85. The molecule has 0 bridgehead atoms. The molecule has 0 saturated heterocycles. The molecule has 3 rings (SSSR count).